The van der Waals surface area contributed by atoms with Crippen LogP contribution in [0.1, 0.15) is 25.0 Å². The Morgan fingerprint density at radius 3 is 2.52 bits per heavy atom. The second-order valence-electron chi connectivity index (χ2n) is 6.55. The molecule has 0 aliphatic carbocycles. The van der Waals surface area contributed by atoms with E-state index in [9.17, 15) is 13.2 Å². The molecular formula is C20H24N2O4S. The van der Waals surface area contributed by atoms with E-state index < -0.39 is 10.0 Å². The molecule has 0 spiro atoms. The van der Waals surface area contributed by atoms with E-state index in [0.29, 0.717) is 19.6 Å². The minimum Gasteiger partial charge on any atom is -0.494 e. The van der Waals surface area contributed by atoms with Crippen LogP contribution in [0.25, 0.3) is 0 Å². The van der Waals surface area contributed by atoms with Crippen LogP contribution in [0.5, 0.6) is 5.75 Å². The van der Waals surface area contributed by atoms with Crippen molar-refractivity contribution in [3.63, 3.8) is 0 Å². The van der Waals surface area contributed by atoms with Crippen LogP contribution in [0, 0.1) is 0 Å². The Morgan fingerprint density at radius 1 is 1.19 bits per heavy atom. The maximum Gasteiger partial charge on any atom is 0.243 e. The molecule has 0 aromatic heterocycles. The summed E-state index contributed by atoms with van der Waals surface area (Å²) in [5, 5.41) is 0. The molecule has 0 saturated heterocycles. The summed E-state index contributed by atoms with van der Waals surface area (Å²) in [5.74, 6) is 0.734. The second kappa shape index (κ2) is 7.70. The molecular weight excluding hydrogens is 364 g/mol. The average molecular weight is 388 g/mol. The molecule has 0 atom stereocenters. The smallest absolute Gasteiger partial charge is 0.243 e. The minimum atomic E-state index is -3.62. The third kappa shape index (κ3) is 3.99. The van der Waals surface area contributed by atoms with Crippen molar-refractivity contribution in [3.05, 3.63) is 53.6 Å². The molecule has 7 heteroatoms. The molecule has 27 heavy (non-hydrogen) atoms. The molecule has 0 N–H and O–H groups in total. The molecule has 1 aliphatic heterocycles. The van der Waals surface area contributed by atoms with Gasteiger partial charge in [0.15, 0.2) is 0 Å². The lowest BCUT2D eigenvalue weighted by molar-refractivity contribution is -0.116. The van der Waals surface area contributed by atoms with Gasteiger partial charge in [-0.25, -0.2) is 8.42 Å². The van der Waals surface area contributed by atoms with E-state index in [4.69, 9.17) is 4.74 Å². The van der Waals surface area contributed by atoms with Crippen molar-refractivity contribution >= 4 is 21.6 Å². The molecule has 0 fully saturated rings. The lowest BCUT2D eigenvalue weighted by atomic mass is 10.2. The summed E-state index contributed by atoms with van der Waals surface area (Å²) in [6, 6.07) is 12.4. The van der Waals surface area contributed by atoms with Crippen molar-refractivity contribution in [3.8, 4) is 5.75 Å². The molecule has 1 amide bonds. The topological polar surface area (TPSA) is 66.9 Å². The molecule has 6 nitrogen and oxygen atoms in total. The van der Waals surface area contributed by atoms with Gasteiger partial charge in [0.25, 0.3) is 0 Å². The van der Waals surface area contributed by atoms with E-state index in [2.05, 4.69) is 0 Å². The number of carbonyl (C=O) groups is 1. The second-order valence-corrected chi connectivity index (χ2v) is 8.59. The number of hydrogen-bond donors (Lipinski definition) is 0. The first-order chi connectivity index (χ1) is 12.8. The fourth-order valence-electron chi connectivity index (χ4n) is 3.25. The fourth-order valence-corrected chi connectivity index (χ4v) is 4.46. The Kier molecular flexibility index (Phi) is 5.53. The Morgan fingerprint density at radius 2 is 1.89 bits per heavy atom. The monoisotopic (exact) mass is 388 g/mol. The van der Waals surface area contributed by atoms with Crippen molar-refractivity contribution in [2.24, 2.45) is 0 Å². The van der Waals surface area contributed by atoms with Gasteiger partial charge in [-0.05, 0) is 54.8 Å². The summed E-state index contributed by atoms with van der Waals surface area (Å²) < 4.78 is 32.6. The zero-order valence-electron chi connectivity index (χ0n) is 15.8. The summed E-state index contributed by atoms with van der Waals surface area (Å²) in [6.07, 6.45) is 0.668. The molecule has 3 rings (SSSR count). The number of amides is 1. The standard InChI is InChI=1S/C20H24N2O4S/c1-4-26-18-7-5-16(6-8-18)14-21(3)27(24,25)19-9-10-20-17(13-19)11-12-22(20)15(2)23/h5-10,13H,4,11-12,14H2,1-3H3. The quantitative estimate of drug-likeness (QED) is 0.763. The van der Waals surface area contributed by atoms with Crippen molar-refractivity contribution in [2.45, 2.75) is 31.7 Å². The van der Waals surface area contributed by atoms with Gasteiger partial charge in [-0.2, -0.15) is 4.31 Å². The van der Waals surface area contributed by atoms with E-state index in [0.717, 1.165) is 22.6 Å². The van der Waals surface area contributed by atoms with Gasteiger partial charge >= 0.3 is 0 Å². The first-order valence-corrected chi connectivity index (χ1v) is 10.4. The Bertz CT molecular complexity index is 939. The number of nitrogens with zero attached hydrogens (tertiary/aromatic N) is 2. The molecule has 2 aromatic rings. The minimum absolute atomic E-state index is 0.0306. The summed E-state index contributed by atoms with van der Waals surface area (Å²) >= 11 is 0. The van der Waals surface area contributed by atoms with Gasteiger partial charge in [0.1, 0.15) is 5.75 Å². The van der Waals surface area contributed by atoms with Crippen LogP contribution in [0.15, 0.2) is 47.4 Å². The number of ether oxygens (including phenoxy) is 1. The van der Waals surface area contributed by atoms with Crippen LogP contribution in [0.3, 0.4) is 0 Å². The predicted molar refractivity (Wildman–Crippen MR) is 104 cm³/mol. The van der Waals surface area contributed by atoms with Crippen molar-refractivity contribution in [2.75, 3.05) is 25.1 Å². The Labute approximate surface area is 160 Å². The highest BCUT2D eigenvalue weighted by Gasteiger charge is 2.26. The summed E-state index contributed by atoms with van der Waals surface area (Å²) in [5.41, 5.74) is 2.57. The van der Waals surface area contributed by atoms with Crippen LogP contribution in [-0.2, 0) is 27.8 Å². The van der Waals surface area contributed by atoms with E-state index in [1.165, 1.54) is 11.2 Å². The van der Waals surface area contributed by atoms with Gasteiger partial charge in [-0.3, -0.25) is 4.79 Å². The molecule has 1 aliphatic rings. The third-order valence-corrected chi connectivity index (χ3v) is 6.47. The van der Waals surface area contributed by atoms with Crippen molar-refractivity contribution < 1.29 is 17.9 Å². The number of anilines is 1. The SMILES string of the molecule is CCOc1ccc(CN(C)S(=O)(=O)c2ccc3c(c2)CCN3C(C)=O)cc1. The van der Waals surface area contributed by atoms with Crippen LogP contribution >= 0.6 is 0 Å². The van der Waals surface area contributed by atoms with Crippen LogP contribution in [-0.4, -0.2) is 38.8 Å². The van der Waals surface area contributed by atoms with Gasteiger partial charge < -0.3 is 9.64 Å². The maximum absolute atomic E-state index is 12.9. The van der Waals surface area contributed by atoms with Gasteiger partial charge in [-0.15, -0.1) is 0 Å². The average Bonchev–Trinajstić information content (AvgIpc) is 3.07. The summed E-state index contributed by atoms with van der Waals surface area (Å²) in [6.45, 7) is 4.89. The van der Waals surface area contributed by atoms with Gasteiger partial charge in [0.2, 0.25) is 15.9 Å². The fraction of sp³-hybridized carbons (Fsp3) is 0.350. The molecule has 0 radical (unpaired) electrons. The van der Waals surface area contributed by atoms with E-state index in [-0.39, 0.29) is 17.3 Å². The molecule has 0 saturated carbocycles. The van der Waals surface area contributed by atoms with Crippen LogP contribution < -0.4 is 9.64 Å². The normalized spacial score (nSPS) is 13.7. The third-order valence-electron chi connectivity index (χ3n) is 4.67. The zero-order valence-corrected chi connectivity index (χ0v) is 16.6. The van der Waals surface area contributed by atoms with Crippen molar-refractivity contribution in [1.29, 1.82) is 0 Å². The lowest BCUT2D eigenvalue weighted by Crippen LogP contribution is -2.27. The zero-order chi connectivity index (χ0) is 19.6. The predicted octanol–water partition coefficient (Wildman–Crippen LogP) is 2.82. The summed E-state index contributed by atoms with van der Waals surface area (Å²) in [7, 11) is -2.05. The molecule has 0 bridgehead atoms. The number of sulfonamides is 1. The molecule has 1 heterocycles. The highest BCUT2D eigenvalue weighted by atomic mass is 32.2. The first-order valence-electron chi connectivity index (χ1n) is 8.92. The Balaban J connectivity index is 1.78. The highest BCUT2D eigenvalue weighted by molar-refractivity contribution is 7.89. The first kappa shape index (κ1) is 19.4. The van der Waals surface area contributed by atoms with E-state index in [1.54, 1.807) is 30.1 Å². The molecule has 2 aromatic carbocycles. The van der Waals surface area contributed by atoms with Crippen LogP contribution in [0.4, 0.5) is 5.69 Å². The maximum atomic E-state index is 12.9. The van der Waals surface area contributed by atoms with Crippen molar-refractivity contribution in [1.82, 2.24) is 4.31 Å². The van der Waals surface area contributed by atoms with E-state index >= 15 is 0 Å². The molecule has 144 valence electrons. The Hall–Kier alpha value is -2.38. The summed E-state index contributed by atoms with van der Waals surface area (Å²) in [4.78, 5) is 13.6. The number of benzene rings is 2. The van der Waals surface area contributed by atoms with Gasteiger partial charge in [0.05, 0.1) is 11.5 Å². The number of fused-ring (bicyclic) bond motifs is 1. The number of hydrogen-bond acceptors (Lipinski definition) is 4. The molecule has 0 unspecified atom stereocenters. The highest BCUT2D eigenvalue weighted by Crippen LogP contribution is 2.31. The van der Waals surface area contributed by atoms with Gasteiger partial charge in [-0.1, -0.05) is 12.1 Å². The van der Waals surface area contributed by atoms with Crippen LogP contribution in [0.2, 0.25) is 0 Å². The van der Waals surface area contributed by atoms with Gasteiger partial charge in [0, 0.05) is 32.7 Å². The van der Waals surface area contributed by atoms with E-state index in [1.807, 2.05) is 31.2 Å². The largest absolute Gasteiger partial charge is 0.494 e. The number of carbonyl (C=O) groups excluding carboxylic acids is 1. The number of rotatable bonds is 6. The lowest BCUT2D eigenvalue weighted by Gasteiger charge is -2.19.